The molecule has 0 bridgehead atoms. The fourth-order valence-electron chi connectivity index (χ4n) is 3.01. The first-order valence-corrected chi connectivity index (χ1v) is 7.76. The third kappa shape index (κ3) is 2.62. The minimum absolute atomic E-state index is 0.0353. The van der Waals surface area contributed by atoms with Crippen LogP contribution in [0.5, 0.6) is 0 Å². The molecule has 112 valence electrons. The zero-order valence-corrected chi connectivity index (χ0v) is 12.8. The third-order valence-corrected chi connectivity index (χ3v) is 4.12. The first-order chi connectivity index (χ1) is 10.1. The van der Waals surface area contributed by atoms with Crippen molar-refractivity contribution >= 4 is 5.69 Å². The van der Waals surface area contributed by atoms with Crippen LogP contribution in [0, 0.1) is 6.92 Å². The third-order valence-electron chi connectivity index (χ3n) is 4.12. The van der Waals surface area contributed by atoms with Gasteiger partial charge in [-0.05, 0) is 31.7 Å². The van der Waals surface area contributed by atoms with E-state index in [4.69, 9.17) is 5.73 Å². The minimum atomic E-state index is -0.0353. The molecule has 1 saturated carbocycles. The van der Waals surface area contributed by atoms with Gasteiger partial charge in [-0.3, -0.25) is 9.48 Å². The average molecular weight is 285 g/mol. The first kappa shape index (κ1) is 14.0. The number of nitrogen functional groups attached to an aromatic ring is 1. The van der Waals surface area contributed by atoms with Crippen LogP contribution in [0.2, 0.25) is 0 Å². The second-order valence-electron chi connectivity index (χ2n) is 6.05. The molecule has 1 aromatic heterocycles. The number of rotatable bonds is 5. The van der Waals surface area contributed by atoms with Crippen molar-refractivity contribution in [2.75, 3.05) is 5.73 Å². The highest BCUT2D eigenvalue weighted by atomic mass is 16.1. The molecule has 1 aliphatic rings. The Balaban J connectivity index is 2.04. The standard InChI is InChI=1S/C17H23N3O/c1-3-9-19-16(14-7-8-14)15(18)17(21)20(19)11-13-6-4-5-12(2)10-13/h4-6,10,14H,3,7-9,11,18H2,1-2H3. The van der Waals surface area contributed by atoms with Gasteiger partial charge in [0.2, 0.25) is 0 Å². The summed E-state index contributed by atoms with van der Waals surface area (Å²) in [5.41, 5.74) is 9.95. The van der Waals surface area contributed by atoms with Crippen LogP contribution in [0.25, 0.3) is 0 Å². The number of nitrogens with zero attached hydrogens (tertiary/aromatic N) is 2. The van der Waals surface area contributed by atoms with Gasteiger partial charge in [0.05, 0.1) is 12.2 Å². The lowest BCUT2D eigenvalue weighted by Gasteiger charge is -2.14. The predicted octanol–water partition coefficient (Wildman–Crippen LogP) is 2.88. The average Bonchev–Trinajstić information content (AvgIpc) is 3.25. The van der Waals surface area contributed by atoms with Gasteiger partial charge in [-0.25, -0.2) is 4.68 Å². The molecule has 0 spiro atoms. The van der Waals surface area contributed by atoms with E-state index < -0.39 is 0 Å². The van der Waals surface area contributed by atoms with E-state index in [0.717, 1.165) is 37.1 Å². The van der Waals surface area contributed by atoms with Crippen LogP contribution in [0.15, 0.2) is 29.1 Å². The number of aryl methyl sites for hydroxylation is 1. The van der Waals surface area contributed by atoms with Gasteiger partial charge in [-0.2, -0.15) is 0 Å². The van der Waals surface area contributed by atoms with Crippen LogP contribution in [-0.4, -0.2) is 9.36 Å². The summed E-state index contributed by atoms with van der Waals surface area (Å²) in [4.78, 5) is 12.5. The number of aromatic nitrogens is 2. The monoisotopic (exact) mass is 285 g/mol. The maximum atomic E-state index is 12.5. The number of nitrogens with two attached hydrogens (primary N) is 1. The number of anilines is 1. The van der Waals surface area contributed by atoms with Crippen molar-refractivity contribution < 1.29 is 0 Å². The number of hydrogen-bond donors (Lipinski definition) is 1. The number of hydrogen-bond acceptors (Lipinski definition) is 2. The summed E-state index contributed by atoms with van der Waals surface area (Å²) in [5.74, 6) is 0.489. The van der Waals surface area contributed by atoms with E-state index in [1.807, 2.05) is 10.7 Å². The van der Waals surface area contributed by atoms with Crippen LogP contribution in [0.1, 0.15) is 48.9 Å². The van der Waals surface area contributed by atoms with Crippen LogP contribution >= 0.6 is 0 Å². The SMILES string of the molecule is CCCn1c(C2CC2)c(N)c(=O)n1Cc1cccc(C)c1. The van der Waals surface area contributed by atoms with Gasteiger partial charge in [-0.15, -0.1) is 0 Å². The lowest BCUT2D eigenvalue weighted by atomic mass is 10.1. The second-order valence-corrected chi connectivity index (χ2v) is 6.05. The van der Waals surface area contributed by atoms with E-state index >= 15 is 0 Å². The molecule has 2 N–H and O–H groups in total. The highest BCUT2D eigenvalue weighted by Gasteiger charge is 2.32. The van der Waals surface area contributed by atoms with Gasteiger partial charge < -0.3 is 5.73 Å². The Morgan fingerprint density at radius 3 is 2.67 bits per heavy atom. The second kappa shape index (κ2) is 5.43. The normalized spacial score (nSPS) is 14.6. The van der Waals surface area contributed by atoms with Crippen LogP contribution in [0.4, 0.5) is 5.69 Å². The zero-order valence-electron chi connectivity index (χ0n) is 12.8. The quantitative estimate of drug-likeness (QED) is 0.918. The molecule has 3 rings (SSSR count). The minimum Gasteiger partial charge on any atom is -0.393 e. The van der Waals surface area contributed by atoms with Gasteiger partial charge in [0.15, 0.2) is 0 Å². The van der Waals surface area contributed by atoms with Crippen molar-refractivity contribution in [3.63, 3.8) is 0 Å². The van der Waals surface area contributed by atoms with Crippen molar-refractivity contribution in [1.29, 1.82) is 0 Å². The van der Waals surface area contributed by atoms with Crippen molar-refractivity contribution in [1.82, 2.24) is 9.36 Å². The molecule has 0 unspecified atom stereocenters. The largest absolute Gasteiger partial charge is 0.393 e. The highest BCUT2D eigenvalue weighted by Crippen LogP contribution is 2.42. The Labute approximate surface area is 125 Å². The Hall–Kier alpha value is -1.97. The van der Waals surface area contributed by atoms with Gasteiger partial charge in [0.1, 0.15) is 5.69 Å². The lowest BCUT2D eigenvalue weighted by Crippen LogP contribution is -2.25. The van der Waals surface area contributed by atoms with E-state index in [1.54, 1.807) is 0 Å². The molecule has 4 heteroatoms. The van der Waals surface area contributed by atoms with Crippen molar-refractivity contribution in [3.05, 3.63) is 51.4 Å². The molecule has 2 aromatic rings. The Bertz CT molecular complexity index is 707. The maximum Gasteiger partial charge on any atom is 0.290 e. The summed E-state index contributed by atoms with van der Waals surface area (Å²) >= 11 is 0. The first-order valence-electron chi connectivity index (χ1n) is 7.76. The molecular formula is C17H23N3O. The summed E-state index contributed by atoms with van der Waals surface area (Å²) in [7, 11) is 0. The van der Waals surface area contributed by atoms with Gasteiger partial charge in [0, 0.05) is 12.5 Å². The molecule has 0 radical (unpaired) electrons. The molecule has 21 heavy (non-hydrogen) atoms. The Kier molecular flexibility index (Phi) is 3.62. The maximum absolute atomic E-state index is 12.5. The van der Waals surface area contributed by atoms with Crippen molar-refractivity contribution in [2.24, 2.45) is 0 Å². The topological polar surface area (TPSA) is 52.9 Å². The Morgan fingerprint density at radius 1 is 1.29 bits per heavy atom. The summed E-state index contributed by atoms with van der Waals surface area (Å²) in [6.07, 6.45) is 3.31. The summed E-state index contributed by atoms with van der Waals surface area (Å²) in [6.45, 7) is 5.65. The highest BCUT2D eigenvalue weighted by molar-refractivity contribution is 5.45. The van der Waals surface area contributed by atoms with E-state index in [0.29, 0.717) is 18.2 Å². The predicted molar refractivity (Wildman–Crippen MR) is 85.7 cm³/mol. The summed E-state index contributed by atoms with van der Waals surface area (Å²) < 4.78 is 3.94. The van der Waals surface area contributed by atoms with E-state index in [1.165, 1.54) is 5.56 Å². The van der Waals surface area contributed by atoms with E-state index in [-0.39, 0.29) is 5.56 Å². The fraction of sp³-hybridized carbons (Fsp3) is 0.471. The molecule has 0 atom stereocenters. The lowest BCUT2D eigenvalue weighted by molar-refractivity contribution is 0.450. The molecular weight excluding hydrogens is 262 g/mol. The zero-order chi connectivity index (χ0) is 15.0. The molecule has 0 amide bonds. The van der Waals surface area contributed by atoms with Crippen molar-refractivity contribution in [3.8, 4) is 0 Å². The molecule has 4 nitrogen and oxygen atoms in total. The van der Waals surface area contributed by atoms with E-state index in [2.05, 4.69) is 36.7 Å². The Morgan fingerprint density at radius 2 is 2.05 bits per heavy atom. The molecule has 1 fully saturated rings. The molecule has 1 aliphatic carbocycles. The van der Waals surface area contributed by atoms with Gasteiger partial charge in [0.25, 0.3) is 5.56 Å². The molecule has 1 heterocycles. The number of benzene rings is 1. The fourth-order valence-corrected chi connectivity index (χ4v) is 3.01. The molecule has 1 aromatic carbocycles. The van der Waals surface area contributed by atoms with E-state index in [9.17, 15) is 4.79 Å². The van der Waals surface area contributed by atoms with Gasteiger partial charge >= 0.3 is 0 Å². The molecule has 0 aliphatic heterocycles. The molecule has 0 saturated heterocycles. The summed E-state index contributed by atoms with van der Waals surface area (Å²) in [6, 6.07) is 8.30. The van der Waals surface area contributed by atoms with Crippen molar-refractivity contribution in [2.45, 2.75) is 52.1 Å². The van der Waals surface area contributed by atoms with Crippen LogP contribution < -0.4 is 11.3 Å². The smallest absolute Gasteiger partial charge is 0.290 e. The van der Waals surface area contributed by atoms with Crippen LogP contribution in [0.3, 0.4) is 0 Å². The summed E-state index contributed by atoms with van der Waals surface area (Å²) in [5, 5.41) is 0. The van der Waals surface area contributed by atoms with Gasteiger partial charge in [-0.1, -0.05) is 36.8 Å². The van der Waals surface area contributed by atoms with Crippen LogP contribution in [-0.2, 0) is 13.1 Å².